The maximum absolute atomic E-state index is 12.5. The summed E-state index contributed by atoms with van der Waals surface area (Å²) < 4.78 is 30.5. The van der Waals surface area contributed by atoms with Gasteiger partial charge in [-0.3, -0.25) is 4.79 Å². The molecular weight excluding hydrogens is 328 g/mol. The molecule has 1 heterocycles. The van der Waals surface area contributed by atoms with Gasteiger partial charge in [0, 0.05) is 24.7 Å². The summed E-state index contributed by atoms with van der Waals surface area (Å²) in [7, 11) is -3.25. The molecule has 1 aromatic carbocycles. The minimum atomic E-state index is -3.25. The Kier molecular flexibility index (Phi) is 5.87. The van der Waals surface area contributed by atoms with E-state index >= 15 is 0 Å². The SMILES string of the molecule is CCOc1cccc(C(=O)N[C@@H]2CN(S(C)(=O)=O)C[C@H]2C(C)C)c1. The highest BCUT2D eigenvalue weighted by Crippen LogP contribution is 2.26. The molecule has 0 bridgehead atoms. The van der Waals surface area contributed by atoms with Crippen LogP contribution in [0.4, 0.5) is 0 Å². The number of nitrogens with one attached hydrogen (secondary N) is 1. The van der Waals surface area contributed by atoms with Crippen molar-refractivity contribution in [1.82, 2.24) is 9.62 Å². The second-order valence-corrected chi connectivity index (χ2v) is 8.51. The Morgan fingerprint density at radius 1 is 1.38 bits per heavy atom. The summed E-state index contributed by atoms with van der Waals surface area (Å²) in [5.41, 5.74) is 0.515. The van der Waals surface area contributed by atoms with E-state index < -0.39 is 10.0 Å². The number of hydrogen-bond acceptors (Lipinski definition) is 4. The van der Waals surface area contributed by atoms with Crippen LogP contribution in [0.25, 0.3) is 0 Å². The van der Waals surface area contributed by atoms with E-state index in [4.69, 9.17) is 4.74 Å². The van der Waals surface area contributed by atoms with Crippen molar-refractivity contribution in [2.75, 3.05) is 26.0 Å². The molecule has 1 aromatic rings. The van der Waals surface area contributed by atoms with E-state index in [-0.39, 0.29) is 23.8 Å². The van der Waals surface area contributed by atoms with Crippen LogP contribution in [0.3, 0.4) is 0 Å². The van der Waals surface area contributed by atoms with Crippen LogP contribution in [0.5, 0.6) is 5.75 Å². The molecule has 0 aromatic heterocycles. The van der Waals surface area contributed by atoms with Gasteiger partial charge < -0.3 is 10.1 Å². The lowest BCUT2D eigenvalue weighted by molar-refractivity contribution is 0.0925. The summed E-state index contributed by atoms with van der Waals surface area (Å²) in [6.45, 7) is 7.28. The summed E-state index contributed by atoms with van der Waals surface area (Å²) in [6, 6.07) is 6.82. The number of carbonyl (C=O) groups excluding carboxylic acids is 1. The quantitative estimate of drug-likeness (QED) is 0.844. The van der Waals surface area contributed by atoms with Crippen LogP contribution in [0.1, 0.15) is 31.1 Å². The van der Waals surface area contributed by atoms with Gasteiger partial charge in [0.05, 0.1) is 12.9 Å². The number of rotatable bonds is 6. The average Bonchev–Trinajstić information content (AvgIpc) is 2.92. The highest BCUT2D eigenvalue weighted by Gasteiger charge is 2.39. The first-order valence-corrected chi connectivity index (χ1v) is 10.1. The second kappa shape index (κ2) is 7.53. The molecular formula is C17H26N2O4S. The molecule has 7 heteroatoms. The molecule has 1 aliphatic heterocycles. The van der Waals surface area contributed by atoms with Gasteiger partial charge in [0.15, 0.2) is 0 Å². The molecule has 0 aliphatic carbocycles. The number of carbonyl (C=O) groups is 1. The number of ether oxygens (including phenoxy) is 1. The lowest BCUT2D eigenvalue weighted by atomic mass is 9.91. The molecule has 134 valence electrons. The number of hydrogen-bond donors (Lipinski definition) is 1. The van der Waals surface area contributed by atoms with E-state index in [1.165, 1.54) is 10.6 Å². The maximum atomic E-state index is 12.5. The number of benzene rings is 1. The van der Waals surface area contributed by atoms with Crippen LogP contribution in [0.2, 0.25) is 0 Å². The predicted molar refractivity (Wildman–Crippen MR) is 93.6 cm³/mol. The van der Waals surface area contributed by atoms with Crippen molar-refractivity contribution in [2.24, 2.45) is 11.8 Å². The van der Waals surface area contributed by atoms with Gasteiger partial charge in [-0.15, -0.1) is 0 Å². The minimum Gasteiger partial charge on any atom is -0.494 e. The molecule has 6 nitrogen and oxygen atoms in total. The molecule has 1 amide bonds. The number of amides is 1. The molecule has 0 unspecified atom stereocenters. The molecule has 1 saturated heterocycles. The molecule has 2 rings (SSSR count). The van der Waals surface area contributed by atoms with Crippen LogP contribution in [0.15, 0.2) is 24.3 Å². The van der Waals surface area contributed by atoms with Gasteiger partial charge in [-0.25, -0.2) is 8.42 Å². The van der Waals surface area contributed by atoms with E-state index in [1.54, 1.807) is 24.3 Å². The van der Waals surface area contributed by atoms with Gasteiger partial charge in [0.25, 0.3) is 5.91 Å². The maximum Gasteiger partial charge on any atom is 0.251 e. The summed E-state index contributed by atoms with van der Waals surface area (Å²) in [4.78, 5) is 12.5. The van der Waals surface area contributed by atoms with E-state index in [1.807, 2.05) is 20.8 Å². The smallest absolute Gasteiger partial charge is 0.251 e. The third-order valence-corrected chi connectivity index (χ3v) is 5.62. The van der Waals surface area contributed by atoms with Gasteiger partial charge in [0.2, 0.25) is 10.0 Å². The summed E-state index contributed by atoms with van der Waals surface area (Å²) in [5, 5.41) is 3.00. The Hall–Kier alpha value is -1.60. The molecule has 2 atom stereocenters. The Balaban J connectivity index is 2.13. The third-order valence-electron chi connectivity index (χ3n) is 4.38. The molecule has 0 spiro atoms. The molecule has 1 N–H and O–H groups in total. The fourth-order valence-corrected chi connectivity index (χ4v) is 3.91. The van der Waals surface area contributed by atoms with Crippen molar-refractivity contribution in [3.63, 3.8) is 0 Å². The molecule has 0 radical (unpaired) electrons. The topological polar surface area (TPSA) is 75.7 Å². The highest BCUT2D eigenvalue weighted by atomic mass is 32.2. The molecule has 24 heavy (non-hydrogen) atoms. The Morgan fingerprint density at radius 3 is 2.67 bits per heavy atom. The third kappa shape index (κ3) is 4.48. The van der Waals surface area contributed by atoms with Crippen LogP contribution < -0.4 is 10.1 Å². The fraction of sp³-hybridized carbons (Fsp3) is 0.588. The van der Waals surface area contributed by atoms with Gasteiger partial charge >= 0.3 is 0 Å². The molecule has 1 fully saturated rings. The standard InChI is InChI=1S/C17H26N2O4S/c1-5-23-14-8-6-7-13(9-14)17(20)18-16-11-19(24(4,21)22)10-15(16)12(2)3/h6-9,12,15-16H,5,10-11H2,1-4H3,(H,18,20)/t15-,16+/m0/s1. The predicted octanol–water partition coefficient (Wildman–Crippen LogP) is 1.73. The van der Waals surface area contributed by atoms with Crippen LogP contribution >= 0.6 is 0 Å². The number of nitrogens with zero attached hydrogens (tertiary/aromatic N) is 1. The van der Waals surface area contributed by atoms with E-state index in [9.17, 15) is 13.2 Å². The number of sulfonamides is 1. The minimum absolute atomic E-state index is 0.0961. The zero-order chi connectivity index (χ0) is 17.9. The zero-order valence-electron chi connectivity index (χ0n) is 14.7. The van der Waals surface area contributed by atoms with E-state index in [2.05, 4.69) is 5.32 Å². The van der Waals surface area contributed by atoms with Gasteiger partial charge in [0.1, 0.15) is 5.75 Å². The van der Waals surface area contributed by atoms with E-state index in [0.717, 1.165) is 0 Å². The lowest BCUT2D eigenvalue weighted by Gasteiger charge is -2.23. The van der Waals surface area contributed by atoms with Crippen molar-refractivity contribution in [2.45, 2.75) is 26.8 Å². The van der Waals surface area contributed by atoms with Crippen molar-refractivity contribution in [3.8, 4) is 5.75 Å². The van der Waals surface area contributed by atoms with Crippen molar-refractivity contribution < 1.29 is 17.9 Å². The van der Waals surface area contributed by atoms with Gasteiger partial charge in [-0.1, -0.05) is 19.9 Å². The van der Waals surface area contributed by atoms with Crippen molar-refractivity contribution in [3.05, 3.63) is 29.8 Å². The Morgan fingerprint density at radius 2 is 2.08 bits per heavy atom. The second-order valence-electron chi connectivity index (χ2n) is 6.53. The first-order chi connectivity index (χ1) is 11.2. The largest absolute Gasteiger partial charge is 0.494 e. The normalized spacial score (nSPS) is 21.9. The lowest BCUT2D eigenvalue weighted by Crippen LogP contribution is -2.42. The average molecular weight is 354 g/mol. The first kappa shape index (κ1) is 18.7. The summed E-state index contributed by atoms with van der Waals surface area (Å²) >= 11 is 0. The molecule has 0 saturated carbocycles. The summed E-state index contributed by atoms with van der Waals surface area (Å²) in [6.07, 6.45) is 1.21. The van der Waals surface area contributed by atoms with Crippen molar-refractivity contribution >= 4 is 15.9 Å². The monoisotopic (exact) mass is 354 g/mol. The van der Waals surface area contributed by atoms with Crippen LogP contribution in [-0.4, -0.2) is 50.6 Å². The van der Waals surface area contributed by atoms with Crippen molar-refractivity contribution in [1.29, 1.82) is 0 Å². The van der Waals surface area contributed by atoms with Gasteiger partial charge in [-0.2, -0.15) is 4.31 Å². The van der Waals surface area contributed by atoms with Crippen LogP contribution in [-0.2, 0) is 10.0 Å². The molecule has 1 aliphatic rings. The van der Waals surface area contributed by atoms with Crippen LogP contribution in [0, 0.1) is 11.8 Å². The fourth-order valence-electron chi connectivity index (χ4n) is 3.04. The Bertz CT molecular complexity index is 688. The zero-order valence-corrected chi connectivity index (χ0v) is 15.5. The van der Waals surface area contributed by atoms with Gasteiger partial charge in [-0.05, 0) is 37.0 Å². The highest BCUT2D eigenvalue weighted by molar-refractivity contribution is 7.88. The van der Waals surface area contributed by atoms with E-state index in [0.29, 0.717) is 31.0 Å². The Labute approximate surface area is 144 Å². The first-order valence-electron chi connectivity index (χ1n) is 8.21. The summed E-state index contributed by atoms with van der Waals surface area (Å²) in [5.74, 6) is 0.813.